The van der Waals surface area contributed by atoms with E-state index >= 15 is 0 Å². The summed E-state index contributed by atoms with van der Waals surface area (Å²) < 4.78 is 16.4. The zero-order valence-corrected chi connectivity index (χ0v) is 10.9. The molecule has 19 heavy (non-hydrogen) atoms. The van der Waals surface area contributed by atoms with Gasteiger partial charge >= 0.3 is 0 Å². The average Bonchev–Trinajstić information content (AvgIpc) is 2.97. The van der Waals surface area contributed by atoms with E-state index in [0.29, 0.717) is 12.6 Å². The number of nitrogens with one attached hydrogen (secondary N) is 1. The number of benzene rings is 1. The predicted molar refractivity (Wildman–Crippen MR) is 71.5 cm³/mol. The molecule has 1 aromatic carbocycles. The van der Waals surface area contributed by atoms with E-state index in [1.807, 2.05) is 24.3 Å². The Hall–Kier alpha value is -1.94. The van der Waals surface area contributed by atoms with E-state index in [1.165, 1.54) is 5.56 Å². The largest absolute Gasteiger partial charge is 0.493 e. The van der Waals surface area contributed by atoms with Gasteiger partial charge in [-0.05, 0) is 30.2 Å². The number of hydrogen-bond acceptors (Lipinski definition) is 4. The van der Waals surface area contributed by atoms with Gasteiger partial charge in [0, 0.05) is 6.04 Å². The van der Waals surface area contributed by atoms with Crippen molar-refractivity contribution in [1.82, 2.24) is 5.32 Å². The van der Waals surface area contributed by atoms with E-state index in [0.717, 1.165) is 30.2 Å². The van der Waals surface area contributed by atoms with Gasteiger partial charge in [0.25, 0.3) is 0 Å². The van der Waals surface area contributed by atoms with Crippen LogP contribution in [0.15, 0.2) is 41.0 Å². The smallest absolute Gasteiger partial charge is 0.164 e. The molecule has 0 saturated heterocycles. The second-order valence-corrected chi connectivity index (χ2v) is 4.62. The van der Waals surface area contributed by atoms with Crippen LogP contribution in [0.3, 0.4) is 0 Å². The first kappa shape index (κ1) is 12.1. The summed E-state index contributed by atoms with van der Waals surface area (Å²) in [5, 5.41) is 3.44. The quantitative estimate of drug-likeness (QED) is 0.915. The number of para-hydroxylation sites is 1. The highest BCUT2D eigenvalue weighted by atomic mass is 16.5. The average molecular weight is 259 g/mol. The molecule has 1 aliphatic heterocycles. The van der Waals surface area contributed by atoms with Crippen LogP contribution in [-0.2, 0) is 13.0 Å². The highest BCUT2D eigenvalue weighted by Crippen LogP contribution is 2.34. The number of rotatable bonds is 4. The minimum Gasteiger partial charge on any atom is -0.493 e. The fourth-order valence-corrected chi connectivity index (χ4v) is 2.34. The molecule has 0 aliphatic carbocycles. The summed E-state index contributed by atoms with van der Waals surface area (Å²) in [7, 11) is 1.67. The minimum atomic E-state index is 0.296. The third-order valence-corrected chi connectivity index (χ3v) is 3.32. The van der Waals surface area contributed by atoms with E-state index in [-0.39, 0.29) is 0 Å². The molecule has 1 aliphatic rings. The Balaban J connectivity index is 1.65. The van der Waals surface area contributed by atoms with Gasteiger partial charge < -0.3 is 19.2 Å². The minimum absolute atomic E-state index is 0.296. The Kier molecular flexibility index (Phi) is 3.42. The van der Waals surface area contributed by atoms with Crippen LogP contribution >= 0.6 is 0 Å². The van der Waals surface area contributed by atoms with Gasteiger partial charge in [-0.3, -0.25) is 0 Å². The summed E-state index contributed by atoms with van der Waals surface area (Å²) in [4.78, 5) is 0. The summed E-state index contributed by atoms with van der Waals surface area (Å²) in [6.45, 7) is 1.37. The molecule has 4 nitrogen and oxygen atoms in total. The molecule has 1 N–H and O–H groups in total. The fourth-order valence-electron chi connectivity index (χ4n) is 2.34. The Morgan fingerprint density at radius 3 is 3.05 bits per heavy atom. The molecule has 100 valence electrons. The third-order valence-electron chi connectivity index (χ3n) is 3.32. The summed E-state index contributed by atoms with van der Waals surface area (Å²) in [5.41, 5.74) is 1.18. The zero-order valence-electron chi connectivity index (χ0n) is 10.9. The lowest BCUT2D eigenvalue weighted by Crippen LogP contribution is -2.38. The number of methoxy groups -OCH3 is 1. The third kappa shape index (κ3) is 2.58. The molecule has 1 aromatic heterocycles. The van der Waals surface area contributed by atoms with Crippen LogP contribution in [0.2, 0.25) is 0 Å². The molecular weight excluding hydrogens is 242 g/mol. The van der Waals surface area contributed by atoms with Crippen molar-refractivity contribution in [2.75, 3.05) is 13.7 Å². The monoisotopic (exact) mass is 259 g/mol. The lowest BCUT2D eigenvalue weighted by Gasteiger charge is -2.27. The summed E-state index contributed by atoms with van der Waals surface area (Å²) in [6, 6.07) is 10.2. The summed E-state index contributed by atoms with van der Waals surface area (Å²) >= 11 is 0. The SMILES string of the molecule is COc1cccc2c1OCC(NCc1ccco1)C2. The highest BCUT2D eigenvalue weighted by Gasteiger charge is 2.22. The van der Waals surface area contributed by atoms with Gasteiger partial charge in [-0.2, -0.15) is 0 Å². The van der Waals surface area contributed by atoms with Gasteiger partial charge in [0.2, 0.25) is 0 Å². The summed E-state index contributed by atoms with van der Waals surface area (Å²) in [5.74, 6) is 2.62. The number of ether oxygens (including phenoxy) is 2. The van der Waals surface area contributed by atoms with Crippen molar-refractivity contribution in [2.24, 2.45) is 0 Å². The Morgan fingerprint density at radius 2 is 2.26 bits per heavy atom. The van der Waals surface area contributed by atoms with E-state index in [9.17, 15) is 0 Å². The molecule has 1 unspecified atom stereocenters. The molecular formula is C15H17NO3. The van der Waals surface area contributed by atoms with E-state index in [1.54, 1.807) is 13.4 Å². The van der Waals surface area contributed by atoms with Crippen molar-refractivity contribution >= 4 is 0 Å². The molecule has 3 rings (SSSR count). The Morgan fingerprint density at radius 1 is 1.32 bits per heavy atom. The first-order valence-corrected chi connectivity index (χ1v) is 6.41. The van der Waals surface area contributed by atoms with Crippen molar-refractivity contribution in [3.63, 3.8) is 0 Å². The highest BCUT2D eigenvalue weighted by molar-refractivity contribution is 5.48. The predicted octanol–water partition coefficient (Wildman–Crippen LogP) is 2.38. The van der Waals surface area contributed by atoms with Crippen LogP contribution in [-0.4, -0.2) is 19.8 Å². The van der Waals surface area contributed by atoms with Crippen LogP contribution in [0, 0.1) is 0 Å². The molecule has 0 bridgehead atoms. The molecule has 4 heteroatoms. The Labute approximate surface area is 112 Å². The fraction of sp³-hybridized carbons (Fsp3) is 0.333. The second-order valence-electron chi connectivity index (χ2n) is 4.62. The molecule has 2 heterocycles. The standard InChI is InChI=1S/C15H17NO3/c1-17-14-6-2-4-11-8-12(10-19-15(11)14)16-9-13-5-3-7-18-13/h2-7,12,16H,8-10H2,1H3. The molecule has 0 fully saturated rings. The number of furan rings is 1. The van der Waals surface area contributed by atoms with Crippen LogP contribution < -0.4 is 14.8 Å². The Bertz CT molecular complexity index is 536. The van der Waals surface area contributed by atoms with Gasteiger partial charge in [-0.25, -0.2) is 0 Å². The van der Waals surface area contributed by atoms with E-state index in [2.05, 4.69) is 11.4 Å². The van der Waals surface area contributed by atoms with E-state index < -0.39 is 0 Å². The van der Waals surface area contributed by atoms with Crippen LogP contribution in [0.25, 0.3) is 0 Å². The number of hydrogen-bond donors (Lipinski definition) is 1. The maximum Gasteiger partial charge on any atom is 0.164 e. The van der Waals surface area contributed by atoms with Crippen molar-refractivity contribution in [2.45, 2.75) is 19.0 Å². The second kappa shape index (κ2) is 5.36. The van der Waals surface area contributed by atoms with Gasteiger partial charge in [0.05, 0.1) is 19.9 Å². The normalized spacial score (nSPS) is 17.6. The van der Waals surface area contributed by atoms with Crippen LogP contribution in [0.5, 0.6) is 11.5 Å². The zero-order chi connectivity index (χ0) is 13.1. The van der Waals surface area contributed by atoms with Crippen LogP contribution in [0.1, 0.15) is 11.3 Å². The van der Waals surface area contributed by atoms with Crippen molar-refractivity contribution in [3.05, 3.63) is 47.9 Å². The molecule has 2 aromatic rings. The first-order chi connectivity index (χ1) is 9.36. The lowest BCUT2D eigenvalue weighted by atomic mass is 10.0. The first-order valence-electron chi connectivity index (χ1n) is 6.41. The molecule has 0 amide bonds. The summed E-state index contributed by atoms with van der Waals surface area (Å²) in [6.07, 6.45) is 2.63. The van der Waals surface area contributed by atoms with Gasteiger partial charge in [-0.15, -0.1) is 0 Å². The molecule has 0 saturated carbocycles. The molecule has 0 spiro atoms. The number of fused-ring (bicyclic) bond motifs is 1. The maximum absolute atomic E-state index is 5.81. The van der Waals surface area contributed by atoms with Gasteiger partial charge in [0.15, 0.2) is 11.5 Å². The van der Waals surface area contributed by atoms with Crippen molar-refractivity contribution in [3.8, 4) is 11.5 Å². The van der Waals surface area contributed by atoms with Crippen LogP contribution in [0.4, 0.5) is 0 Å². The molecule has 1 atom stereocenters. The lowest BCUT2D eigenvalue weighted by molar-refractivity contribution is 0.224. The van der Waals surface area contributed by atoms with Crippen molar-refractivity contribution < 1.29 is 13.9 Å². The van der Waals surface area contributed by atoms with E-state index in [4.69, 9.17) is 13.9 Å². The molecule has 0 radical (unpaired) electrons. The van der Waals surface area contributed by atoms with Gasteiger partial charge in [-0.1, -0.05) is 12.1 Å². The topological polar surface area (TPSA) is 43.6 Å². The maximum atomic E-state index is 5.81. The van der Waals surface area contributed by atoms with Gasteiger partial charge in [0.1, 0.15) is 12.4 Å². The van der Waals surface area contributed by atoms with Crippen molar-refractivity contribution in [1.29, 1.82) is 0 Å².